The van der Waals surface area contributed by atoms with E-state index in [1.165, 1.54) is 0 Å². The molecule has 8 heteroatoms. The molecule has 1 aliphatic heterocycles. The number of methoxy groups -OCH3 is 1. The second-order valence-corrected chi connectivity index (χ2v) is 4.59. The van der Waals surface area contributed by atoms with E-state index >= 15 is 0 Å². The molecule has 1 fully saturated rings. The summed E-state index contributed by atoms with van der Waals surface area (Å²) >= 11 is 0. The fourth-order valence-electron chi connectivity index (χ4n) is 2.01. The molecule has 0 saturated carbocycles. The first-order valence-electron chi connectivity index (χ1n) is 6.36. The van der Waals surface area contributed by atoms with Gasteiger partial charge in [-0.2, -0.15) is 0 Å². The first kappa shape index (κ1) is 17.3. The highest BCUT2D eigenvalue weighted by molar-refractivity contribution is 7.09. The van der Waals surface area contributed by atoms with Crippen LogP contribution in [0.5, 0.6) is 0 Å². The van der Waals surface area contributed by atoms with E-state index in [-0.39, 0.29) is 18.3 Å². The summed E-state index contributed by atoms with van der Waals surface area (Å²) in [5, 5.41) is 0. The van der Waals surface area contributed by atoms with Gasteiger partial charge in [0, 0.05) is 35.7 Å². The number of nitrogens with two attached hydrogens (primary N) is 1. The third-order valence-corrected chi connectivity index (χ3v) is 3.27. The molecular formula is C11H23BNO5P. The van der Waals surface area contributed by atoms with Crippen molar-refractivity contribution in [2.45, 2.75) is 37.3 Å². The summed E-state index contributed by atoms with van der Waals surface area (Å²) in [5.74, 6) is 0. The van der Waals surface area contributed by atoms with Gasteiger partial charge in [-0.3, -0.25) is 0 Å². The van der Waals surface area contributed by atoms with E-state index in [4.69, 9.17) is 37.1 Å². The molecule has 0 spiro atoms. The Balaban J connectivity index is 2.59. The standard InChI is InChI=1S/C11H23BNO5P/c1-3-15-6-8-9(18-19)10(11(12)17-8)16-7(4-13)5-14-2/h7-11H,3-6,13,19H2,1-2H3/t7?,8-,9?,10?,11-/m1/s1. The monoisotopic (exact) mass is 291 g/mol. The van der Waals surface area contributed by atoms with Crippen LogP contribution >= 0.6 is 9.47 Å². The SMILES string of the molecule is [B][C@@H]1O[C@H](COCC)C(OP)C1OC(CN)COC. The van der Waals surface area contributed by atoms with Crippen LogP contribution in [-0.4, -0.2) is 71.7 Å². The topological polar surface area (TPSA) is 72.2 Å². The molecule has 6 atom stereocenters. The molecule has 0 aliphatic carbocycles. The molecule has 4 unspecified atom stereocenters. The molecule has 0 amide bonds. The summed E-state index contributed by atoms with van der Waals surface area (Å²) in [6.07, 6.45) is -1.19. The average Bonchev–Trinajstić information content (AvgIpc) is 2.71. The van der Waals surface area contributed by atoms with Crippen molar-refractivity contribution in [3.05, 3.63) is 0 Å². The quantitative estimate of drug-likeness (QED) is 0.454. The molecule has 1 saturated heterocycles. The Labute approximate surface area is 118 Å². The minimum atomic E-state index is -0.568. The molecular weight excluding hydrogens is 268 g/mol. The van der Waals surface area contributed by atoms with E-state index in [1.807, 2.05) is 6.92 Å². The minimum Gasteiger partial charge on any atom is -0.382 e. The zero-order chi connectivity index (χ0) is 14.3. The lowest BCUT2D eigenvalue weighted by Crippen LogP contribution is -2.43. The Bertz CT molecular complexity index is 251. The molecule has 0 aromatic rings. The number of hydrogen-bond acceptors (Lipinski definition) is 6. The largest absolute Gasteiger partial charge is 0.382 e. The molecule has 1 heterocycles. The van der Waals surface area contributed by atoms with Gasteiger partial charge in [-0.15, -0.1) is 0 Å². The van der Waals surface area contributed by atoms with Crippen molar-refractivity contribution in [1.29, 1.82) is 0 Å². The summed E-state index contributed by atoms with van der Waals surface area (Å²) in [6.45, 7) is 3.69. The van der Waals surface area contributed by atoms with Crippen molar-refractivity contribution < 1.29 is 23.5 Å². The van der Waals surface area contributed by atoms with E-state index in [2.05, 4.69) is 9.47 Å². The molecule has 19 heavy (non-hydrogen) atoms. The van der Waals surface area contributed by atoms with Gasteiger partial charge in [0.25, 0.3) is 0 Å². The normalized spacial score (nSPS) is 32.6. The van der Waals surface area contributed by atoms with E-state index in [1.54, 1.807) is 7.11 Å². The smallest absolute Gasteiger partial charge is 0.117 e. The van der Waals surface area contributed by atoms with Crippen molar-refractivity contribution in [2.75, 3.05) is 33.5 Å². The van der Waals surface area contributed by atoms with Gasteiger partial charge in [0.1, 0.15) is 26.2 Å². The molecule has 2 N–H and O–H groups in total. The average molecular weight is 291 g/mol. The Morgan fingerprint density at radius 3 is 2.68 bits per heavy atom. The van der Waals surface area contributed by atoms with Gasteiger partial charge in [0.05, 0.1) is 19.3 Å². The van der Waals surface area contributed by atoms with Crippen LogP contribution in [0.15, 0.2) is 0 Å². The van der Waals surface area contributed by atoms with Crippen LogP contribution in [0.1, 0.15) is 6.92 Å². The number of hydrogen-bond donors (Lipinski definition) is 1. The molecule has 110 valence electrons. The Kier molecular flexibility index (Phi) is 8.42. The fraction of sp³-hybridized carbons (Fsp3) is 1.00. The lowest BCUT2D eigenvalue weighted by Gasteiger charge is -2.26. The van der Waals surface area contributed by atoms with Crippen LogP contribution in [0.2, 0.25) is 0 Å². The fourth-order valence-corrected chi connectivity index (χ4v) is 2.34. The van der Waals surface area contributed by atoms with Crippen molar-refractivity contribution in [1.82, 2.24) is 0 Å². The highest BCUT2D eigenvalue weighted by Crippen LogP contribution is 2.27. The zero-order valence-electron chi connectivity index (χ0n) is 11.5. The molecule has 2 radical (unpaired) electrons. The first-order valence-corrected chi connectivity index (χ1v) is 6.83. The third kappa shape index (κ3) is 4.94. The van der Waals surface area contributed by atoms with Crippen LogP contribution in [0.3, 0.4) is 0 Å². The number of rotatable bonds is 9. The van der Waals surface area contributed by atoms with Crippen LogP contribution < -0.4 is 5.73 Å². The highest BCUT2D eigenvalue weighted by Gasteiger charge is 2.44. The van der Waals surface area contributed by atoms with Gasteiger partial charge in [0.15, 0.2) is 0 Å². The summed E-state index contributed by atoms with van der Waals surface area (Å²) in [5.41, 5.74) is 5.63. The Hall–Kier alpha value is 0.255. The lowest BCUT2D eigenvalue weighted by molar-refractivity contribution is -0.0754. The molecule has 1 rings (SSSR count). The van der Waals surface area contributed by atoms with Crippen molar-refractivity contribution in [2.24, 2.45) is 5.73 Å². The highest BCUT2D eigenvalue weighted by atomic mass is 31.0. The van der Waals surface area contributed by atoms with Crippen molar-refractivity contribution in [3.8, 4) is 0 Å². The van der Waals surface area contributed by atoms with Crippen LogP contribution in [0.4, 0.5) is 0 Å². The van der Waals surface area contributed by atoms with Crippen LogP contribution in [0, 0.1) is 0 Å². The summed E-state index contributed by atoms with van der Waals surface area (Å²) in [7, 11) is 9.75. The molecule has 0 aromatic heterocycles. The van der Waals surface area contributed by atoms with Crippen LogP contribution in [-0.2, 0) is 23.5 Å². The summed E-state index contributed by atoms with van der Waals surface area (Å²) in [4.78, 5) is 0. The van der Waals surface area contributed by atoms with Crippen molar-refractivity contribution in [3.63, 3.8) is 0 Å². The molecule has 0 aromatic carbocycles. The number of ether oxygens (including phenoxy) is 4. The minimum absolute atomic E-state index is 0.238. The second-order valence-electron chi connectivity index (χ2n) is 4.31. The van der Waals surface area contributed by atoms with E-state index < -0.39 is 12.1 Å². The predicted molar refractivity (Wildman–Crippen MR) is 75.1 cm³/mol. The third-order valence-electron chi connectivity index (χ3n) is 2.95. The van der Waals surface area contributed by atoms with E-state index in [0.29, 0.717) is 26.4 Å². The molecule has 0 bridgehead atoms. The summed E-state index contributed by atoms with van der Waals surface area (Å²) in [6, 6.07) is -0.568. The Morgan fingerprint density at radius 1 is 1.42 bits per heavy atom. The van der Waals surface area contributed by atoms with Gasteiger partial charge < -0.3 is 29.2 Å². The van der Waals surface area contributed by atoms with E-state index in [9.17, 15) is 0 Å². The van der Waals surface area contributed by atoms with Gasteiger partial charge >= 0.3 is 0 Å². The maximum Gasteiger partial charge on any atom is 0.117 e. The predicted octanol–water partition coefficient (Wildman–Crippen LogP) is -0.549. The zero-order valence-corrected chi connectivity index (χ0v) is 12.6. The van der Waals surface area contributed by atoms with Gasteiger partial charge in [-0.05, 0) is 6.92 Å². The van der Waals surface area contributed by atoms with E-state index in [0.717, 1.165) is 0 Å². The molecule has 6 nitrogen and oxygen atoms in total. The second kappa shape index (κ2) is 9.24. The van der Waals surface area contributed by atoms with Gasteiger partial charge in [0.2, 0.25) is 0 Å². The van der Waals surface area contributed by atoms with Crippen LogP contribution in [0.25, 0.3) is 0 Å². The Morgan fingerprint density at radius 2 is 2.16 bits per heavy atom. The maximum atomic E-state index is 5.93. The van der Waals surface area contributed by atoms with Gasteiger partial charge in [-0.1, -0.05) is 0 Å². The van der Waals surface area contributed by atoms with Crippen molar-refractivity contribution >= 4 is 17.3 Å². The lowest BCUT2D eigenvalue weighted by atomic mass is 9.92. The summed E-state index contributed by atoms with van der Waals surface area (Å²) < 4.78 is 27.2. The maximum absolute atomic E-state index is 5.93. The molecule has 1 aliphatic rings. The first-order chi connectivity index (χ1) is 9.17. The van der Waals surface area contributed by atoms with Gasteiger partial charge in [-0.25, -0.2) is 0 Å².